The van der Waals surface area contributed by atoms with Gasteiger partial charge in [0.2, 0.25) is 11.8 Å². The zero-order valence-corrected chi connectivity index (χ0v) is 21.8. The molecular formula is C31H38N4O2. The van der Waals surface area contributed by atoms with E-state index in [1.54, 1.807) is 0 Å². The van der Waals surface area contributed by atoms with Gasteiger partial charge in [-0.3, -0.25) is 9.59 Å². The van der Waals surface area contributed by atoms with E-state index in [9.17, 15) is 9.59 Å². The van der Waals surface area contributed by atoms with E-state index in [4.69, 9.17) is 0 Å². The van der Waals surface area contributed by atoms with Gasteiger partial charge in [-0.15, -0.1) is 0 Å². The van der Waals surface area contributed by atoms with Crippen LogP contribution in [0.25, 0.3) is 22.6 Å². The molecule has 194 valence electrons. The summed E-state index contributed by atoms with van der Waals surface area (Å²) in [6.07, 6.45) is 13.1. The van der Waals surface area contributed by atoms with Crippen LogP contribution in [0.2, 0.25) is 0 Å². The highest BCUT2D eigenvalue weighted by molar-refractivity contribution is 5.93. The number of aromatic amines is 1. The number of nitrogens with one attached hydrogen (secondary N) is 3. The molecule has 2 fully saturated rings. The summed E-state index contributed by atoms with van der Waals surface area (Å²) in [6.45, 7) is 2.18. The van der Waals surface area contributed by atoms with Crippen molar-refractivity contribution in [1.29, 1.82) is 0 Å². The largest absolute Gasteiger partial charge is 0.338 e. The Morgan fingerprint density at radius 2 is 1.30 bits per heavy atom. The number of hydrogen-bond acceptors (Lipinski definition) is 3. The van der Waals surface area contributed by atoms with Crippen LogP contribution in [0.4, 0.5) is 11.4 Å². The Bertz CT molecular complexity index is 1190. The molecular weight excluding hydrogens is 460 g/mol. The first-order chi connectivity index (χ1) is 18.1. The summed E-state index contributed by atoms with van der Waals surface area (Å²) in [4.78, 5) is 33.3. The van der Waals surface area contributed by atoms with Crippen molar-refractivity contribution in [3.05, 3.63) is 54.7 Å². The van der Waals surface area contributed by atoms with Crippen LogP contribution in [-0.2, 0) is 9.59 Å². The lowest BCUT2D eigenvalue weighted by Gasteiger charge is -2.27. The molecule has 2 saturated carbocycles. The van der Waals surface area contributed by atoms with Crippen LogP contribution in [0.15, 0.2) is 54.7 Å². The Kier molecular flexibility index (Phi) is 8.02. The molecule has 5 rings (SSSR count). The van der Waals surface area contributed by atoms with Crippen molar-refractivity contribution in [3.8, 4) is 22.6 Å². The molecule has 1 heterocycles. The number of amides is 2. The molecule has 0 spiro atoms. The third kappa shape index (κ3) is 6.30. The van der Waals surface area contributed by atoms with Crippen LogP contribution < -0.4 is 10.6 Å². The molecule has 2 aromatic carbocycles. The average Bonchev–Trinajstić information content (AvgIpc) is 3.24. The Morgan fingerprint density at radius 1 is 0.730 bits per heavy atom. The molecule has 0 aliphatic heterocycles. The highest BCUT2D eigenvalue weighted by Crippen LogP contribution is 2.31. The first kappa shape index (κ1) is 25.2. The molecule has 6 heteroatoms. The fraction of sp³-hybridized carbons (Fsp3) is 0.452. The van der Waals surface area contributed by atoms with Gasteiger partial charge in [0.25, 0.3) is 0 Å². The highest BCUT2D eigenvalue weighted by atomic mass is 16.2. The van der Waals surface area contributed by atoms with Gasteiger partial charge in [-0.2, -0.15) is 0 Å². The van der Waals surface area contributed by atoms with E-state index < -0.39 is 0 Å². The third-order valence-corrected chi connectivity index (χ3v) is 8.14. The van der Waals surface area contributed by atoms with E-state index in [0.29, 0.717) is 5.92 Å². The lowest BCUT2D eigenvalue weighted by atomic mass is 9.80. The van der Waals surface area contributed by atoms with Gasteiger partial charge >= 0.3 is 0 Å². The second kappa shape index (κ2) is 11.8. The molecule has 1 aromatic heterocycles. The van der Waals surface area contributed by atoms with Crippen LogP contribution in [-0.4, -0.2) is 21.8 Å². The zero-order chi connectivity index (χ0) is 25.6. The average molecular weight is 499 g/mol. The SMILES string of the molecule is CC1CCCCC1C(=O)Nc1ccc(-c2ncc(-c3ccc(NC(=O)C4CCCCCC4)cc3)[nH]2)cc1. The van der Waals surface area contributed by atoms with Gasteiger partial charge in [0, 0.05) is 28.8 Å². The molecule has 0 bridgehead atoms. The van der Waals surface area contributed by atoms with Gasteiger partial charge in [0.15, 0.2) is 0 Å². The minimum absolute atomic E-state index is 0.109. The molecule has 37 heavy (non-hydrogen) atoms. The van der Waals surface area contributed by atoms with Crippen LogP contribution in [0.1, 0.15) is 71.1 Å². The molecule has 0 saturated heterocycles. The number of benzene rings is 2. The highest BCUT2D eigenvalue weighted by Gasteiger charge is 2.27. The number of carbonyl (C=O) groups is 2. The first-order valence-electron chi connectivity index (χ1n) is 13.9. The molecule has 2 aliphatic rings. The van der Waals surface area contributed by atoms with Crippen molar-refractivity contribution < 1.29 is 9.59 Å². The second-order valence-corrected chi connectivity index (χ2v) is 10.8. The summed E-state index contributed by atoms with van der Waals surface area (Å²) in [6, 6.07) is 15.8. The Hall–Kier alpha value is -3.41. The summed E-state index contributed by atoms with van der Waals surface area (Å²) in [7, 11) is 0. The minimum Gasteiger partial charge on any atom is -0.338 e. The molecule has 6 nitrogen and oxygen atoms in total. The normalized spacial score (nSPS) is 20.7. The van der Waals surface area contributed by atoms with Gasteiger partial charge in [-0.1, -0.05) is 57.6 Å². The fourth-order valence-corrected chi connectivity index (χ4v) is 5.79. The quantitative estimate of drug-likeness (QED) is 0.309. The van der Waals surface area contributed by atoms with E-state index in [1.807, 2.05) is 54.7 Å². The molecule has 2 unspecified atom stereocenters. The van der Waals surface area contributed by atoms with Crippen molar-refractivity contribution in [2.24, 2.45) is 17.8 Å². The fourth-order valence-electron chi connectivity index (χ4n) is 5.79. The summed E-state index contributed by atoms with van der Waals surface area (Å²) >= 11 is 0. The number of hydrogen-bond donors (Lipinski definition) is 3. The van der Waals surface area contributed by atoms with Crippen molar-refractivity contribution in [2.45, 2.75) is 71.1 Å². The number of aromatic nitrogens is 2. The van der Waals surface area contributed by atoms with Crippen molar-refractivity contribution in [3.63, 3.8) is 0 Å². The van der Waals surface area contributed by atoms with Crippen LogP contribution in [0.5, 0.6) is 0 Å². The topological polar surface area (TPSA) is 86.9 Å². The maximum atomic E-state index is 12.7. The molecule has 0 radical (unpaired) electrons. The van der Waals surface area contributed by atoms with Crippen molar-refractivity contribution >= 4 is 23.2 Å². The zero-order valence-electron chi connectivity index (χ0n) is 21.8. The Balaban J connectivity index is 1.19. The number of nitrogens with zero attached hydrogens (tertiary/aromatic N) is 1. The summed E-state index contributed by atoms with van der Waals surface area (Å²) in [5, 5.41) is 6.19. The van der Waals surface area contributed by atoms with E-state index >= 15 is 0 Å². The first-order valence-corrected chi connectivity index (χ1v) is 13.9. The van der Waals surface area contributed by atoms with Crippen molar-refractivity contribution in [1.82, 2.24) is 9.97 Å². The standard InChI is InChI=1S/C31H38N4O2/c1-21-8-6-7-11-27(21)31(37)34-26-18-14-23(15-19-26)29-32-20-28(35-29)22-12-16-25(17-13-22)33-30(36)24-9-4-2-3-5-10-24/h12-21,24,27H,2-11H2,1H3,(H,32,35)(H,33,36)(H,34,37). The van der Waals surface area contributed by atoms with Crippen LogP contribution in [0, 0.1) is 17.8 Å². The van der Waals surface area contributed by atoms with E-state index in [1.165, 1.54) is 19.3 Å². The summed E-state index contributed by atoms with van der Waals surface area (Å²) in [5.41, 5.74) is 4.54. The maximum absolute atomic E-state index is 12.7. The Morgan fingerprint density at radius 3 is 1.95 bits per heavy atom. The molecule has 3 N–H and O–H groups in total. The van der Waals surface area contributed by atoms with Crippen LogP contribution in [0.3, 0.4) is 0 Å². The monoisotopic (exact) mass is 498 g/mol. The lowest BCUT2D eigenvalue weighted by molar-refractivity contribution is -0.122. The molecule has 3 aromatic rings. The predicted octanol–water partition coefficient (Wildman–Crippen LogP) is 7.42. The minimum atomic E-state index is 0.109. The van der Waals surface area contributed by atoms with Gasteiger partial charge in [-0.05, 0) is 73.6 Å². The van der Waals surface area contributed by atoms with Gasteiger partial charge < -0.3 is 15.6 Å². The van der Waals surface area contributed by atoms with E-state index in [2.05, 4.69) is 27.5 Å². The number of anilines is 2. The number of carbonyl (C=O) groups excluding carboxylic acids is 2. The summed E-state index contributed by atoms with van der Waals surface area (Å²) < 4.78 is 0. The van der Waals surface area contributed by atoms with Gasteiger partial charge in [0.05, 0.1) is 11.9 Å². The van der Waals surface area contributed by atoms with Gasteiger partial charge in [-0.25, -0.2) is 4.98 Å². The smallest absolute Gasteiger partial charge is 0.227 e. The predicted molar refractivity (Wildman–Crippen MR) is 149 cm³/mol. The maximum Gasteiger partial charge on any atom is 0.227 e. The Labute approximate surface area is 219 Å². The summed E-state index contributed by atoms with van der Waals surface area (Å²) in [5.74, 6) is 1.74. The van der Waals surface area contributed by atoms with E-state index in [-0.39, 0.29) is 23.7 Å². The number of rotatable bonds is 6. The lowest BCUT2D eigenvalue weighted by Crippen LogP contribution is -2.30. The van der Waals surface area contributed by atoms with Crippen LogP contribution >= 0.6 is 0 Å². The van der Waals surface area contributed by atoms with E-state index in [0.717, 1.165) is 79.0 Å². The molecule has 2 aliphatic carbocycles. The third-order valence-electron chi connectivity index (χ3n) is 8.14. The number of H-pyrrole nitrogens is 1. The van der Waals surface area contributed by atoms with Crippen molar-refractivity contribution in [2.75, 3.05) is 10.6 Å². The van der Waals surface area contributed by atoms with Gasteiger partial charge in [0.1, 0.15) is 5.82 Å². The molecule has 2 amide bonds. The molecule has 2 atom stereocenters. The number of imidazole rings is 1. The second-order valence-electron chi connectivity index (χ2n) is 10.8.